The van der Waals surface area contributed by atoms with Gasteiger partial charge in [-0.2, -0.15) is 31.3 Å². The van der Waals surface area contributed by atoms with Crippen LogP contribution in [0.4, 0.5) is 32.0 Å². The molecule has 0 spiro atoms. The number of nitrogens with two attached hydrogens (primary N) is 3. The predicted molar refractivity (Wildman–Crippen MR) is 63.5 cm³/mol. The maximum absolute atomic E-state index is 12.7. The first kappa shape index (κ1) is 16.6. The van der Waals surface area contributed by atoms with E-state index in [1.807, 2.05) is 0 Å². The molecule has 0 saturated carbocycles. The highest BCUT2D eigenvalue weighted by Crippen LogP contribution is 2.40. The summed E-state index contributed by atoms with van der Waals surface area (Å²) in [6, 6.07) is 0.751. The van der Waals surface area contributed by atoms with Crippen molar-refractivity contribution in [3.63, 3.8) is 0 Å². The van der Waals surface area contributed by atoms with Gasteiger partial charge in [0.15, 0.2) is 5.96 Å². The van der Waals surface area contributed by atoms with Crippen LogP contribution in [0.25, 0.3) is 0 Å². The van der Waals surface area contributed by atoms with Gasteiger partial charge in [-0.25, -0.2) is 4.99 Å². The second kappa shape index (κ2) is 5.50. The largest absolute Gasteiger partial charge is 0.418 e. The molecule has 0 aliphatic rings. The summed E-state index contributed by atoms with van der Waals surface area (Å²) in [5.41, 5.74) is 11.2. The monoisotopic (exact) mass is 313 g/mol. The molecular formula is C10H9F6N5. The minimum absolute atomic E-state index is 0.206. The number of benzene rings is 1. The third kappa shape index (κ3) is 4.54. The Hall–Kier alpha value is -2.46. The molecule has 0 atom stereocenters. The second-order valence-electron chi connectivity index (χ2n) is 3.73. The van der Waals surface area contributed by atoms with Crippen molar-refractivity contribution in [2.45, 2.75) is 12.4 Å². The van der Waals surface area contributed by atoms with E-state index < -0.39 is 41.1 Å². The van der Waals surface area contributed by atoms with Crippen LogP contribution in [-0.2, 0) is 12.4 Å². The van der Waals surface area contributed by atoms with Crippen molar-refractivity contribution < 1.29 is 26.3 Å². The van der Waals surface area contributed by atoms with Gasteiger partial charge in [-0.15, -0.1) is 0 Å². The molecule has 6 N–H and O–H groups in total. The van der Waals surface area contributed by atoms with E-state index in [0.29, 0.717) is 6.07 Å². The van der Waals surface area contributed by atoms with E-state index in [9.17, 15) is 26.3 Å². The SMILES string of the molecule is NC(N)=NC(N)=Nc1cc(C(F)(F)F)ccc1C(F)(F)F. The molecule has 0 bridgehead atoms. The van der Waals surface area contributed by atoms with E-state index in [-0.39, 0.29) is 12.1 Å². The van der Waals surface area contributed by atoms with Gasteiger partial charge in [0.1, 0.15) is 0 Å². The quantitative estimate of drug-likeness (QED) is 0.419. The number of rotatable bonds is 1. The molecule has 1 aromatic carbocycles. The topological polar surface area (TPSA) is 103 Å². The van der Waals surface area contributed by atoms with Crippen molar-refractivity contribution in [2.24, 2.45) is 27.2 Å². The summed E-state index contributed by atoms with van der Waals surface area (Å²) in [6.07, 6.45) is -9.75. The normalized spacial score (nSPS) is 13.1. The van der Waals surface area contributed by atoms with Gasteiger partial charge in [0, 0.05) is 0 Å². The Labute approximate surface area is 114 Å². The average Bonchev–Trinajstić information content (AvgIpc) is 2.24. The van der Waals surface area contributed by atoms with Gasteiger partial charge in [-0.05, 0) is 18.2 Å². The lowest BCUT2D eigenvalue weighted by atomic mass is 10.1. The van der Waals surface area contributed by atoms with Crippen LogP contribution in [0.2, 0.25) is 0 Å². The number of nitrogens with zero attached hydrogens (tertiary/aromatic N) is 2. The van der Waals surface area contributed by atoms with Crippen LogP contribution in [0.3, 0.4) is 0 Å². The highest BCUT2D eigenvalue weighted by atomic mass is 19.4. The van der Waals surface area contributed by atoms with Crippen LogP contribution in [-0.4, -0.2) is 11.9 Å². The van der Waals surface area contributed by atoms with Crippen LogP contribution in [0, 0.1) is 0 Å². The number of halogens is 6. The molecule has 21 heavy (non-hydrogen) atoms. The number of hydrogen-bond donors (Lipinski definition) is 3. The Balaban J connectivity index is 3.47. The molecule has 0 heterocycles. The number of guanidine groups is 2. The van der Waals surface area contributed by atoms with Crippen molar-refractivity contribution in [2.75, 3.05) is 0 Å². The standard InChI is InChI=1S/C10H9F6N5/c11-9(12,13)4-1-2-5(10(14,15)16)6(3-4)20-8(19)21-7(17)18/h1-3H,(H6,17,18,19,20,21). The van der Waals surface area contributed by atoms with Gasteiger partial charge in [-0.3, -0.25) is 0 Å². The highest BCUT2D eigenvalue weighted by molar-refractivity contribution is 5.93. The molecule has 0 fully saturated rings. The van der Waals surface area contributed by atoms with Crippen molar-refractivity contribution in [1.82, 2.24) is 0 Å². The molecule has 11 heteroatoms. The Bertz CT molecular complexity index is 583. The van der Waals surface area contributed by atoms with Gasteiger partial charge in [0.2, 0.25) is 5.96 Å². The first-order chi connectivity index (χ1) is 9.41. The highest BCUT2D eigenvalue weighted by Gasteiger charge is 2.37. The lowest BCUT2D eigenvalue weighted by Crippen LogP contribution is -2.26. The fourth-order valence-electron chi connectivity index (χ4n) is 1.32. The van der Waals surface area contributed by atoms with Gasteiger partial charge in [-0.1, -0.05) is 0 Å². The van der Waals surface area contributed by atoms with E-state index in [1.54, 1.807) is 0 Å². The smallest absolute Gasteiger partial charge is 0.370 e. The minimum atomic E-state index is -4.92. The molecule has 0 radical (unpaired) electrons. The summed E-state index contributed by atoms with van der Waals surface area (Å²) in [4.78, 5) is 6.31. The van der Waals surface area contributed by atoms with Gasteiger partial charge >= 0.3 is 12.4 Å². The second-order valence-corrected chi connectivity index (χ2v) is 3.73. The third-order valence-electron chi connectivity index (χ3n) is 2.11. The molecule has 0 unspecified atom stereocenters. The lowest BCUT2D eigenvalue weighted by Gasteiger charge is -2.13. The van der Waals surface area contributed by atoms with Crippen molar-refractivity contribution >= 4 is 17.6 Å². The van der Waals surface area contributed by atoms with Gasteiger partial charge in [0.05, 0.1) is 16.8 Å². The summed E-state index contributed by atoms with van der Waals surface area (Å²) >= 11 is 0. The molecule has 0 saturated heterocycles. The van der Waals surface area contributed by atoms with Crippen molar-refractivity contribution in [3.8, 4) is 0 Å². The van der Waals surface area contributed by atoms with Crippen LogP contribution in [0.15, 0.2) is 28.2 Å². The molecule has 0 aromatic heterocycles. The van der Waals surface area contributed by atoms with Gasteiger partial charge < -0.3 is 17.2 Å². The molecule has 116 valence electrons. The zero-order chi connectivity index (χ0) is 16.4. The molecule has 0 aliphatic carbocycles. The molecule has 1 aromatic rings. The third-order valence-corrected chi connectivity index (χ3v) is 2.11. The molecule has 0 aliphatic heterocycles. The first-order valence-electron chi connectivity index (χ1n) is 5.13. The Morgan fingerprint density at radius 3 is 1.90 bits per heavy atom. The van der Waals surface area contributed by atoms with Crippen LogP contribution >= 0.6 is 0 Å². The summed E-state index contributed by atoms with van der Waals surface area (Å²) in [7, 11) is 0. The van der Waals surface area contributed by atoms with E-state index in [2.05, 4.69) is 9.98 Å². The van der Waals surface area contributed by atoms with Crippen LogP contribution in [0.5, 0.6) is 0 Å². The zero-order valence-electron chi connectivity index (χ0n) is 10.1. The fraction of sp³-hybridized carbons (Fsp3) is 0.200. The first-order valence-corrected chi connectivity index (χ1v) is 5.13. The molecule has 1 rings (SSSR count). The Morgan fingerprint density at radius 2 is 1.48 bits per heavy atom. The molecule has 5 nitrogen and oxygen atoms in total. The predicted octanol–water partition coefficient (Wildman–Crippen LogP) is 1.94. The van der Waals surface area contributed by atoms with Gasteiger partial charge in [0.25, 0.3) is 0 Å². The summed E-state index contributed by atoms with van der Waals surface area (Å²) in [6.45, 7) is 0. The molecule has 0 amide bonds. The van der Waals surface area contributed by atoms with Crippen LogP contribution in [0.1, 0.15) is 11.1 Å². The minimum Gasteiger partial charge on any atom is -0.370 e. The van der Waals surface area contributed by atoms with E-state index in [1.165, 1.54) is 0 Å². The van der Waals surface area contributed by atoms with E-state index in [0.717, 1.165) is 0 Å². The zero-order valence-corrected chi connectivity index (χ0v) is 10.1. The maximum Gasteiger partial charge on any atom is 0.418 e. The lowest BCUT2D eigenvalue weighted by molar-refractivity contribution is -0.140. The number of hydrogen-bond acceptors (Lipinski definition) is 1. The number of alkyl halides is 6. The maximum atomic E-state index is 12.7. The fourth-order valence-corrected chi connectivity index (χ4v) is 1.32. The summed E-state index contributed by atoms with van der Waals surface area (Å²) < 4.78 is 75.7. The van der Waals surface area contributed by atoms with Crippen molar-refractivity contribution in [3.05, 3.63) is 29.3 Å². The van der Waals surface area contributed by atoms with E-state index >= 15 is 0 Å². The summed E-state index contributed by atoms with van der Waals surface area (Å²) in [5, 5.41) is 0. The summed E-state index contributed by atoms with van der Waals surface area (Å²) in [5.74, 6) is -1.41. The van der Waals surface area contributed by atoms with E-state index in [4.69, 9.17) is 17.2 Å². The van der Waals surface area contributed by atoms with Crippen LogP contribution < -0.4 is 17.2 Å². The average molecular weight is 313 g/mol. The molecular weight excluding hydrogens is 304 g/mol. The van der Waals surface area contributed by atoms with Crippen molar-refractivity contribution in [1.29, 1.82) is 0 Å². The Morgan fingerprint density at radius 1 is 0.905 bits per heavy atom. The number of aliphatic imine (C=N–C) groups is 2. The Kier molecular flexibility index (Phi) is 4.35.